The van der Waals surface area contributed by atoms with E-state index in [0.717, 1.165) is 5.75 Å². The molecule has 0 N–H and O–H groups in total. The summed E-state index contributed by atoms with van der Waals surface area (Å²) in [5, 5.41) is 0. The van der Waals surface area contributed by atoms with Gasteiger partial charge in [-0.15, -0.1) is 0 Å². The standard InChI is InChI=1S/C20H21OS/c1-20(2,3)13-18-16-7-5-6-8-17(16)19(22-18)14-9-11-15(21-4)12-10-14/h5-13H,1-4H3/q+1/b18-13-. The normalized spacial score (nSPS) is 15.6. The Labute approximate surface area is 136 Å². The largest absolute Gasteiger partial charge is 0.497 e. The topological polar surface area (TPSA) is 9.23 Å². The molecule has 1 nitrogen and oxygen atoms in total. The molecule has 0 saturated carbocycles. The molecule has 0 bridgehead atoms. The summed E-state index contributed by atoms with van der Waals surface area (Å²) < 4.78 is 5.26. The van der Waals surface area contributed by atoms with Crippen molar-refractivity contribution in [2.75, 3.05) is 7.11 Å². The summed E-state index contributed by atoms with van der Waals surface area (Å²) in [4.78, 5) is 2.68. The van der Waals surface area contributed by atoms with Crippen molar-refractivity contribution in [1.29, 1.82) is 0 Å². The van der Waals surface area contributed by atoms with Crippen LogP contribution in [0.15, 0.2) is 54.6 Å². The first-order valence-electron chi connectivity index (χ1n) is 7.50. The van der Waals surface area contributed by atoms with Crippen molar-refractivity contribution in [1.82, 2.24) is 0 Å². The van der Waals surface area contributed by atoms with Gasteiger partial charge in [0.2, 0.25) is 21.1 Å². The van der Waals surface area contributed by atoms with E-state index in [9.17, 15) is 0 Å². The summed E-state index contributed by atoms with van der Waals surface area (Å²) in [6.45, 7) is 6.73. The first-order valence-corrected chi connectivity index (χ1v) is 8.31. The monoisotopic (exact) mass is 309 g/mol. The van der Waals surface area contributed by atoms with Gasteiger partial charge >= 0.3 is 0 Å². The van der Waals surface area contributed by atoms with Gasteiger partial charge in [0, 0.05) is 5.56 Å². The molecule has 1 heterocycles. The third-order valence-electron chi connectivity index (χ3n) is 3.57. The van der Waals surface area contributed by atoms with Crippen molar-refractivity contribution >= 4 is 21.1 Å². The number of methoxy groups -OCH3 is 1. The summed E-state index contributed by atoms with van der Waals surface area (Å²) in [5.41, 5.74) is 4.09. The maximum atomic E-state index is 5.26. The summed E-state index contributed by atoms with van der Waals surface area (Å²) in [7, 11) is 1.70. The van der Waals surface area contributed by atoms with Crippen LogP contribution in [0.3, 0.4) is 0 Å². The Morgan fingerprint density at radius 1 is 0.909 bits per heavy atom. The van der Waals surface area contributed by atoms with E-state index in [-0.39, 0.29) is 5.41 Å². The van der Waals surface area contributed by atoms with Crippen LogP contribution in [-0.2, 0) is 11.4 Å². The van der Waals surface area contributed by atoms with E-state index in [1.54, 1.807) is 7.11 Å². The van der Waals surface area contributed by atoms with Gasteiger partial charge in [0.15, 0.2) is 0 Å². The molecule has 2 heteroatoms. The first-order chi connectivity index (χ1) is 10.5. The Morgan fingerprint density at radius 2 is 1.55 bits per heavy atom. The number of ether oxygens (including phenoxy) is 1. The van der Waals surface area contributed by atoms with Crippen LogP contribution in [0.2, 0.25) is 0 Å². The number of rotatable bonds is 2. The molecular formula is C20H21OS+. The Balaban J connectivity index is 2.11. The Kier molecular flexibility index (Phi) is 3.88. The van der Waals surface area contributed by atoms with Gasteiger partial charge in [0.05, 0.1) is 18.2 Å². The lowest BCUT2D eigenvalue weighted by Crippen LogP contribution is -2.00. The van der Waals surface area contributed by atoms with Crippen LogP contribution >= 0.6 is 0 Å². The Bertz CT molecular complexity index is 746. The Morgan fingerprint density at radius 3 is 2.14 bits per heavy atom. The lowest BCUT2D eigenvalue weighted by Gasteiger charge is -2.09. The van der Waals surface area contributed by atoms with Gasteiger partial charge in [-0.3, -0.25) is 0 Å². The summed E-state index contributed by atoms with van der Waals surface area (Å²) >= 11 is 1.87. The average molecular weight is 309 g/mol. The molecule has 3 rings (SSSR count). The number of hydrogen-bond acceptors (Lipinski definition) is 1. The first kappa shape index (κ1) is 15.0. The molecule has 0 radical (unpaired) electrons. The molecule has 112 valence electrons. The molecule has 1 aliphatic rings. The lowest BCUT2D eigenvalue weighted by molar-refractivity contribution is 0.415. The molecule has 0 unspecified atom stereocenters. The maximum absolute atomic E-state index is 5.26. The highest BCUT2D eigenvalue weighted by Gasteiger charge is 2.33. The van der Waals surface area contributed by atoms with E-state index in [1.165, 1.54) is 26.5 Å². The smallest absolute Gasteiger partial charge is 0.246 e. The van der Waals surface area contributed by atoms with Crippen LogP contribution in [0.25, 0.3) is 4.91 Å². The molecule has 0 fully saturated rings. The molecule has 22 heavy (non-hydrogen) atoms. The summed E-state index contributed by atoms with van der Waals surface area (Å²) in [6.07, 6.45) is 2.37. The van der Waals surface area contributed by atoms with E-state index < -0.39 is 0 Å². The quantitative estimate of drug-likeness (QED) is 0.575. The third kappa shape index (κ3) is 2.97. The van der Waals surface area contributed by atoms with Crippen molar-refractivity contribution in [3.63, 3.8) is 0 Å². The van der Waals surface area contributed by atoms with Crippen molar-refractivity contribution in [3.05, 3.63) is 71.3 Å². The van der Waals surface area contributed by atoms with Gasteiger partial charge in [-0.05, 0) is 47.9 Å². The highest BCUT2D eigenvalue weighted by molar-refractivity contribution is 7.89. The summed E-state index contributed by atoms with van der Waals surface area (Å²) in [5.74, 6) is 0.895. The fraction of sp³-hybridized carbons (Fsp3) is 0.250. The fourth-order valence-corrected chi connectivity index (χ4v) is 4.04. The van der Waals surface area contributed by atoms with Crippen LogP contribution in [0, 0.1) is 5.41 Å². The van der Waals surface area contributed by atoms with E-state index >= 15 is 0 Å². The minimum absolute atomic E-state index is 0.171. The SMILES string of the molecule is COc1ccc(C2=[S+]/C(=C\C(C)(C)C)c3ccccc32)cc1. The molecule has 0 amide bonds. The van der Waals surface area contributed by atoms with Crippen LogP contribution < -0.4 is 4.74 Å². The predicted octanol–water partition coefficient (Wildman–Crippen LogP) is 4.75. The van der Waals surface area contributed by atoms with Crippen LogP contribution in [0.1, 0.15) is 37.5 Å². The zero-order chi connectivity index (χ0) is 15.7. The molecule has 2 aromatic rings. The molecule has 0 aliphatic carbocycles. The van der Waals surface area contributed by atoms with Gasteiger partial charge < -0.3 is 4.74 Å². The van der Waals surface area contributed by atoms with Crippen LogP contribution in [-0.4, -0.2) is 12.0 Å². The highest BCUT2D eigenvalue weighted by Crippen LogP contribution is 2.33. The van der Waals surface area contributed by atoms with Crippen molar-refractivity contribution < 1.29 is 4.74 Å². The van der Waals surface area contributed by atoms with E-state index in [4.69, 9.17) is 4.74 Å². The van der Waals surface area contributed by atoms with Crippen molar-refractivity contribution in [2.24, 2.45) is 5.41 Å². The average Bonchev–Trinajstić information content (AvgIpc) is 2.85. The third-order valence-corrected chi connectivity index (χ3v) is 4.78. The lowest BCUT2D eigenvalue weighted by atomic mass is 9.93. The molecule has 0 aromatic heterocycles. The second-order valence-electron chi connectivity index (χ2n) is 6.58. The number of benzene rings is 2. The summed E-state index contributed by atoms with van der Waals surface area (Å²) in [6, 6.07) is 17.0. The molecule has 0 atom stereocenters. The number of allylic oxidation sites excluding steroid dienone is 1. The Hall–Kier alpha value is -1.93. The van der Waals surface area contributed by atoms with Crippen LogP contribution in [0.4, 0.5) is 0 Å². The number of hydrogen-bond donors (Lipinski definition) is 0. The minimum atomic E-state index is 0.171. The maximum Gasteiger partial charge on any atom is 0.246 e. The molecular weight excluding hydrogens is 288 g/mol. The van der Waals surface area contributed by atoms with Gasteiger partial charge in [-0.1, -0.05) is 32.9 Å². The number of fused-ring (bicyclic) bond motifs is 1. The van der Waals surface area contributed by atoms with Gasteiger partial charge in [0.1, 0.15) is 5.75 Å². The molecule has 0 saturated heterocycles. The zero-order valence-corrected chi connectivity index (χ0v) is 14.3. The van der Waals surface area contributed by atoms with Crippen molar-refractivity contribution in [3.8, 4) is 5.75 Å². The van der Waals surface area contributed by atoms with E-state index in [2.05, 4.69) is 63.2 Å². The second kappa shape index (κ2) is 5.69. The fourth-order valence-electron chi connectivity index (χ4n) is 2.57. The second-order valence-corrected chi connectivity index (χ2v) is 7.63. The molecule has 1 aliphatic heterocycles. The van der Waals surface area contributed by atoms with Crippen molar-refractivity contribution in [2.45, 2.75) is 20.8 Å². The molecule has 0 spiro atoms. The van der Waals surface area contributed by atoms with Gasteiger partial charge in [0.25, 0.3) is 0 Å². The predicted molar refractivity (Wildman–Crippen MR) is 97.4 cm³/mol. The highest BCUT2D eigenvalue weighted by atomic mass is 32.1. The van der Waals surface area contributed by atoms with Gasteiger partial charge in [-0.2, -0.15) is 0 Å². The zero-order valence-electron chi connectivity index (χ0n) is 13.5. The van der Waals surface area contributed by atoms with E-state index in [1.807, 2.05) is 23.5 Å². The minimum Gasteiger partial charge on any atom is -0.497 e. The van der Waals surface area contributed by atoms with E-state index in [0.29, 0.717) is 0 Å². The van der Waals surface area contributed by atoms with Gasteiger partial charge in [-0.25, -0.2) is 0 Å². The molecule has 2 aromatic carbocycles. The van der Waals surface area contributed by atoms with Crippen LogP contribution in [0.5, 0.6) is 5.75 Å².